The van der Waals surface area contributed by atoms with E-state index in [2.05, 4.69) is 20.7 Å². The number of aryl methyl sites for hydroxylation is 3. The molecule has 0 aromatic carbocycles. The summed E-state index contributed by atoms with van der Waals surface area (Å²) in [4.78, 5) is 23.6. The predicted molar refractivity (Wildman–Crippen MR) is 76.4 cm³/mol. The fraction of sp³-hybridized carbons (Fsp3) is 0.429. The number of carbonyl (C=O) groups is 2. The fourth-order valence-corrected chi connectivity index (χ4v) is 2.23. The first-order valence-electron chi connectivity index (χ1n) is 6.94. The third-order valence-corrected chi connectivity index (χ3v) is 3.28. The summed E-state index contributed by atoms with van der Waals surface area (Å²) < 4.78 is 5.03. The molecule has 118 valence electrons. The molecule has 0 fully saturated rings. The van der Waals surface area contributed by atoms with E-state index in [1.807, 2.05) is 6.92 Å². The Balaban J connectivity index is 2.21. The molecular formula is C14H18N4O4. The van der Waals surface area contributed by atoms with Crippen molar-refractivity contribution < 1.29 is 19.2 Å². The van der Waals surface area contributed by atoms with Crippen molar-refractivity contribution >= 4 is 11.9 Å². The molecule has 8 heteroatoms. The third kappa shape index (κ3) is 3.16. The van der Waals surface area contributed by atoms with E-state index in [0.29, 0.717) is 29.1 Å². The van der Waals surface area contributed by atoms with Crippen LogP contribution in [0.2, 0.25) is 0 Å². The van der Waals surface area contributed by atoms with Crippen LogP contribution in [0.25, 0.3) is 0 Å². The molecule has 22 heavy (non-hydrogen) atoms. The summed E-state index contributed by atoms with van der Waals surface area (Å²) in [5.74, 6) is -1.17. The zero-order chi connectivity index (χ0) is 16.3. The highest BCUT2D eigenvalue weighted by Crippen LogP contribution is 2.20. The second-order valence-electron chi connectivity index (χ2n) is 5.02. The van der Waals surface area contributed by atoms with Gasteiger partial charge in [0.25, 0.3) is 5.91 Å². The number of nitrogens with one attached hydrogen (secondary N) is 2. The number of amides is 1. The van der Waals surface area contributed by atoms with Gasteiger partial charge in [-0.25, -0.2) is 4.79 Å². The molecule has 0 saturated carbocycles. The molecule has 0 aliphatic rings. The first-order valence-corrected chi connectivity index (χ1v) is 6.94. The molecule has 1 amide bonds. The van der Waals surface area contributed by atoms with Gasteiger partial charge in [0.2, 0.25) is 0 Å². The molecule has 2 heterocycles. The standard InChI is InChI=1S/C14H18N4O4/c1-4-5-9-6-10(18-22-9)13(19)15-12(14(20)21)11-7(2)16-17-8(11)3/h6,12H,4-5H2,1-3H3,(H,15,19)(H,16,17)(H,20,21). The quantitative estimate of drug-likeness (QED) is 0.744. The van der Waals surface area contributed by atoms with Gasteiger partial charge in [-0.1, -0.05) is 12.1 Å². The minimum absolute atomic E-state index is 0.0634. The molecule has 1 atom stereocenters. The number of aromatic nitrogens is 3. The lowest BCUT2D eigenvalue weighted by molar-refractivity contribution is -0.139. The van der Waals surface area contributed by atoms with Crippen LogP contribution in [0.4, 0.5) is 0 Å². The van der Waals surface area contributed by atoms with Gasteiger partial charge in [-0.3, -0.25) is 9.89 Å². The number of carboxylic acid groups (broad SMARTS) is 1. The highest BCUT2D eigenvalue weighted by atomic mass is 16.5. The van der Waals surface area contributed by atoms with Crippen molar-refractivity contribution in [1.29, 1.82) is 0 Å². The van der Waals surface area contributed by atoms with Crippen molar-refractivity contribution in [3.63, 3.8) is 0 Å². The normalized spacial score (nSPS) is 12.1. The number of carbonyl (C=O) groups excluding carboxylic acids is 1. The SMILES string of the molecule is CCCc1cc(C(=O)NC(C(=O)O)c2c(C)n[nH]c2C)no1. The topological polar surface area (TPSA) is 121 Å². The average molecular weight is 306 g/mol. The molecule has 0 radical (unpaired) electrons. The zero-order valence-corrected chi connectivity index (χ0v) is 12.6. The van der Waals surface area contributed by atoms with Crippen LogP contribution >= 0.6 is 0 Å². The largest absolute Gasteiger partial charge is 0.479 e. The summed E-state index contributed by atoms with van der Waals surface area (Å²) in [5, 5.41) is 22.2. The molecule has 0 aliphatic heterocycles. The summed E-state index contributed by atoms with van der Waals surface area (Å²) >= 11 is 0. The van der Waals surface area contributed by atoms with E-state index in [0.717, 1.165) is 6.42 Å². The highest BCUT2D eigenvalue weighted by Gasteiger charge is 2.28. The van der Waals surface area contributed by atoms with E-state index in [1.54, 1.807) is 13.8 Å². The molecule has 0 saturated heterocycles. The van der Waals surface area contributed by atoms with E-state index < -0.39 is 17.9 Å². The minimum atomic E-state index is -1.20. The smallest absolute Gasteiger partial charge is 0.331 e. The Morgan fingerprint density at radius 1 is 1.45 bits per heavy atom. The monoisotopic (exact) mass is 306 g/mol. The lowest BCUT2D eigenvalue weighted by Crippen LogP contribution is -2.34. The van der Waals surface area contributed by atoms with Crippen LogP contribution in [0.1, 0.15) is 52.6 Å². The van der Waals surface area contributed by atoms with E-state index in [9.17, 15) is 14.7 Å². The Morgan fingerprint density at radius 3 is 2.73 bits per heavy atom. The molecule has 0 spiro atoms. The van der Waals surface area contributed by atoms with E-state index >= 15 is 0 Å². The van der Waals surface area contributed by atoms with Crippen LogP contribution in [0.5, 0.6) is 0 Å². The fourth-order valence-electron chi connectivity index (χ4n) is 2.23. The molecule has 8 nitrogen and oxygen atoms in total. The van der Waals surface area contributed by atoms with Gasteiger partial charge in [0, 0.05) is 23.7 Å². The Hall–Kier alpha value is -2.64. The molecular weight excluding hydrogens is 288 g/mol. The van der Waals surface area contributed by atoms with Crippen molar-refractivity contribution in [2.75, 3.05) is 0 Å². The second kappa shape index (κ2) is 6.42. The van der Waals surface area contributed by atoms with E-state index in [-0.39, 0.29) is 5.69 Å². The first-order chi connectivity index (χ1) is 10.4. The molecule has 0 bridgehead atoms. The van der Waals surface area contributed by atoms with Crippen LogP contribution in [0.15, 0.2) is 10.6 Å². The van der Waals surface area contributed by atoms with Gasteiger partial charge in [0.1, 0.15) is 5.76 Å². The maximum Gasteiger partial charge on any atom is 0.331 e. The molecule has 3 N–H and O–H groups in total. The lowest BCUT2D eigenvalue weighted by Gasteiger charge is -2.14. The third-order valence-electron chi connectivity index (χ3n) is 3.28. The summed E-state index contributed by atoms with van der Waals surface area (Å²) in [5.41, 5.74) is 1.63. The summed E-state index contributed by atoms with van der Waals surface area (Å²) in [6.07, 6.45) is 1.53. The number of nitrogens with zero attached hydrogens (tertiary/aromatic N) is 2. The second-order valence-corrected chi connectivity index (χ2v) is 5.02. The number of hydrogen-bond donors (Lipinski definition) is 3. The van der Waals surface area contributed by atoms with E-state index in [1.165, 1.54) is 6.07 Å². The molecule has 2 rings (SSSR count). The maximum absolute atomic E-state index is 12.2. The molecule has 2 aromatic heterocycles. The number of aromatic amines is 1. The van der Waals surface area contributed by atoms with Crippen LogP contribution in [-0.4, -0.2) is 32.3 Å². The van der Waals surface area contributed by atoms with Gasteiger partial charge in [0.15, 0.2) is 11.7 Å². The van der Waals surface area contributed by atoms with Gasteiger partial charge < -0.3 is 14.9 Å². The van der Waals surface area contributed by atoms with Crippen molar-refractivity contribution in [3.05, 3.63) is 34.5 Å². The predicted octanol–water partition coefficient (Wildman–Crippen LogP) is 1.52. The van der Waals surface area contributed by atoms with Gasteiger partial charge in [-0.2, -0.15) is 5.10 Å². The molecule has 2 aromatic rings. The van der Waals surface area contributed by atoms with Crippen molar-refractivity contribution in [2.24, 2.45) is 0 Å². The van der Waals surface area contributed by atoms with Crippen molar-refractivity contribution in [3.8, 4) is 0 Å². The average Bonchev–Trinajstić information content (AvgIpc) is 3.04. The Morgan fingerprint density at radius 2 is 2.18 bits per heavy atom. The Bertz CT molecular complexity index is 669. The van der Waals surface area contributed by atoms with Crippen molar-refractivity contribution in [1.82, 2.24) is 20.7 Å². The summed E-state index contributed by atoms with van der Waals surface area (Å²) in [6.45, 7) is 5.36. The van der Waals surface area contributed by atoms with Gasteiger partial charge in [-0.05, 0) is 20.3 Å². The Labute approximate surface area is 126 Å². The number of rotatable bonds is 6. The van der Waals surface area contributed by atoms with Crippen LogP contribution in [0.3, 0.4) is 0 Å². The Kier molecular flexibility index (Phi) is 4.59. The minimum Gasteiger partial charge on any atom is -0.479 e. The zero-order valence-electron chi connectivity index (χ0n) is 12.6. The maximum atomic E-state index is 12.2. The van der Waals surface area contributed by atoms with Crippen LogP contribution < -0.4 is 5.32 Å². The molecule has 0 aliphatic carbocycles. The summed E-state index contributed by atoms with van der Waals surface area (Å²) in [7, 11) is 0. The summed E-state index contributed by atoms with van der Waals surface area (Å²) in [6, 6.07) is 0.324. The van der Waals surface area contributed by atoms with Crippen LogP contribution in [0, 0.1) is 13.8 Å². The number of H-pyrrole nitrogens is 1. The number of aliphatic carboxylic acids is 1. The highest BCUT2D eigenvalue weighted by molar-refractivity contribution is 5.95. The van der Waals surface area contributed by atoms with Gasteiger partial charge >= 0.3 is 5.97 Å². The van der Waals surface area contributed by atoms with Gasteiger partial charge in [0.05, 0.1) is 5.69 Å². The van der Waals surface area contributed by atoms with E-state index in [4.69, 9.17) is 4.52 Å². The lowest BCUT2D eigenvalue weighted by atomic mass is 10.0. The molecule has 1 unspecified atom stereocenters. The van der Waals surface area contributed by atoms with Gasteiger partial charge in [-0.15, -0.1) is 0 Å². The first kappa shape index (κ1) is 15.7. The number of carboxylic acids is 1. The van der Waals surface area contributed by atoms with Crippen molar-refractivity contribution in [2.45, 2.75) is 39.7 Å². The van der Waals surface area contributed by atoms with Crippen LogP contribution in [-0.2, 0) is 11.2 Å². The number of hydrogen-bond acceptors (Lipinski definition) is 5.